The molecule has 0 aliphatic carbocycles. The average molecular weight is 176 g/mol. The van der Waals surface area contributed by atoms with Crippen LogP contribution in [-0.4, -0.2) is 50.3 Å². The SMILES string of the molecule is COC[C@H]1O[C@@H](C)C(O)C1OC. The van der Waals surface area contributed by atoms with Crippen molar-refractivity contribution >= 4 is 0 Å². The molecule has 0 saturated carbocycles. The Kier molecular flexibility index (Phi) is 3.46. The van der Waals surface area contributed by atoms with Crippen LogP contribution in [0.25, 0.3) is 0 Å². The Morgan fingerprint density at radius 2 is 2.08 bits per heavy atom. The van der Waals surface area contributed by atoms with Gasteiger partial charge in [-0.05, 0) is 6.92 Å². The highest BCUT2D eigenvalue weighted by molar-refractivity contribution is 4.89. The molecule has 1 rings (SSSR count). The van der Waals surface area contributed by atoms with Crippen LogP contribution in [0.15, 0.2) is 0 Å². The Morgan fingerprint density at radius 1 is 1.42 bits per heavy atom. The quantitative estimate of drug-likeness (QED) is 0.646. The van der Waals surface area contributed by atoms with Crippen LogP contribution in [0.1, 0.15) is 6.92 Å². The molecule has 1 N–H and O–H groups in total. The van der Waals surface area contributed by atoms with E-state index in [4.69, 9.17) is 14.2 Å². The second-order valence-electron chi connectivity index (χ2n) is 3.03. The summed E-state index contributed by atoms with van der Waals surface area (Å²) in [5.74, 6) is 0. The van der Waals surface area contributed by atoms with E-state index in [9.17, 15) is 5.11 Å². The lowest BCUT2D eigenvalue weighted by molar-refractivity contribution is -0.0436. The Bertz CT molecular complexity index is 139. The molecule has 0 radical (unpaired) electrons. The largest absolute Gasteiger partial charge is 0.388 e. The van der Waals surface area contributed by atoms with Gasteiger partial charge in [-0.25, -0.2) is 0 Å². The van der Waals surface area contributed by atoms with Crippen molar-refractivity contribution in [1.82, 2.24) is 0 Å². The lowest BCUT2D eigenvalue weighted by Crippen LogP contribution is -2.35. The number of aliphatic hydroxyl groups is 1. The minimum Gasteiger partial charge on any atom is -0.388 e. The van der Waals surface area contributed by atoms with E-state index in [2.05, 4.69) is 0 Å². The molecule has 0 aromatic carbocycles. The smallest absolute Gasteiger partial charge is 0.114 e. The standard InChI is InChI=1S/C8H16O4/c1-5-7(9)8(11-3)6(12-5)4-10-2/h5-9H,4H2,1-3H3/t5-,6+,7?,8?/m0/s1. The number of aliphatic hydroxyl groups excluding tert-OH is 1. The molecule has 4 nitrogen and oxygen atoms in total. The van der Waals surface area contributed by atoms with E-state index >= 15 is 0 Å². The van der Waals surface area contributed by atoms with Crippen LogP contribution >= 0.6 is 0 Å². The normalized spacial score (nSPS) is 42.0. The number of hydrogen-bond acceptors (Lipinski definition) is 4. The first-order chi connectivity index (χ1) is 5.70. The van der Waals surface area contributed by atoms with Gasteiger partial charge in [0, 0.05) is 14.2 Å². The van der Waals surface area contributed by atoms with Crippen molar-refractivity contribution in [3.8, 4) is 0 Å². The van der Waals surface area contributed by atoms with Gasteiger partial charge in [0.05, 0.1) is 12.7 Å². The van der Waals surface area contributed by atoms with Gasteiger partial charge in [-0.3, -0.25) is 0 Å². The van der Waals surface area contributed by atoms with Gasteiger partial charge < -0.3 is 19.3 Å². The molecule has 2 unspecified atom stereocenters. The lowest BCUT2D eigenvalue weighted by atomic mass is 10.1. The van der Waals surface area contributed by atoms with Gasteiger partial charge >= 0.3 is 0 Å². The number of rotatable bonds is 3. The van der Waals surface area contributed by atoms with E-state index in [1.165, 1.54) is 0 Å². The van der Waals surface area contributed by atoms with Crippen LogP contribution in [-0.2, 0) is 14.2 Å². The van der Waals surface area contributed by atoms with Crippen molar-refractivity contribution in [2.75, 3.05) is 20.8 Å². The summed E-state index contributed by atoms with van der Waals surface area (Å²) in [6.07, 6.45) is -1.13. The maximum atomic E-state index is 9.55. The van der Waals surface area contributed by atoms with Gasteiger partial charge in [0.2, 0.25) is 0 Å². The molecule has 0 aromatic rings. The minimum absolute atomic E-state index is 0.148. The molecule has 1 heterocycles. The number of ether oxygens (including phenoxy) is 3. The number of hydrogen-bond donors (Lipinski definition) is 1. The van der Waals surface area contributed by atoms with Gasteiger partial charge in [-0.2, -0.15) is 0 Å². The molecule has 1 saturated heterocycles. The summed E-state index contributed by atoms with van der Waals surface area (Å²) in [7, 11) is 3.17. The van der Waals surface area contributed by atoms with Crippen molar-refractivity contribution in [2.24, 2.45) is 0 Å². The lowest BCUT2D eigenvalue weighted by Gasteiger charge is -2.17. The van der Waals surface area contributed by atoms with Crippen molar-refractivity contribution in [1.29, 1.82) is 0 Å². The summed E-state index contributed by atoms with van der Waals surface area (Å²) in [6, 6.07) is 0. The summed E-state index contributed by atoms with van der Waals surface area (Å²) < 4.78 is 15.5. The Hall–Kier alpha value is -0.160. The van der Waals surface area contributed by atoms with E-state index in [-0.39, 0.29) is 18.3 Å². The fourth-order valence-electron chi connectivity index (χ4n) is 1.51. The van der Waals surface area contributed by atoms with Crippen LogP contribution in [0.3, 0.4) is 0 Å². The van der Waals surface area contributed by atoms with Crippen molar-refractivity contribution < 1.29 is 19.3 Å². The monoisotopic (exact) mass is 176 g/mol. The highest BCUT2D eigenvalue weighted by atomic mass is 16.6. The van der Waals surface area contributed by atoms with E-state index in [1.54, 1.807) is 14.2 Å². The molecule has 12 heavy (non-hydrogen) atoms. The molecule has 0 amide bonds. The Balaban J connectivity index is 2.52. The average Bonchev–Trinajstić information content (AvgIpc) is 2.29. The molecule has 1 fully saturated rings. The molecule has 1 aliphatic rings. The maximum absolute atomic E-state index is 9.55. The fraction of sp³-hybridized carbons (Fsp3) is 1.00. The molecule has 4 heteroatoms. The van der Waals surface area contributed by atoms with Crippen LogP contribution in [0.4, 0.5) is 0 Å². The van der Waals surface area contributed by atoms with E-state index in [0.29, 0.717) is 6.61 Å². The molecule has 1 aliphatic heterocycles. The highest BCUT2D eigenvalue weighted by Crippen LogP contribution is 2.23. The summed E-state index contributed by atoms with van der Waals surface area (Å²) in [6.45, 7) is 2.28. The van der Waals surface area contributed by atoms with Gasteiger partial charge in [0.1, 0.15) is 18.3 Å². The number of methoxy groups -OCH3 is 2. The van der Waals surface area contributed by atoms with Gasteiger partial charge in [0.25, 0.3) is 0 Å². The third-order valence-electron chi connectivity index (χ3n) is 2.18. The molecule has 0 aromatic heterocycles. The van der Waals surface area contributed by atoms with Crippen LogP contribution in [0, 0.1) is 0 Å². The predicted octanol–water partition coefficient (Wildman–Crippen LogP) is -0.204. The zero-order valence-corrected chi connectivity index (χ0v) is 7.69. The van der Waals surface area contributed by atoms with Crippen LogP contribution in [0.5, 0.6) is 0 Å². The third kappa shape index (κ3) is 1.77. The third-order valence-corrected chi connectivity index (χ3v) is 2.18. The molecular formula is C8H16O4. The van der Waals surface area contributed by atoms with E-state index in [0.717, 1.165) is 0 Å². The summed E-state index contributed by atoms with van der Waals surface area (Å²) in [4.78, 5) is 0. The van der Waals surface area contributed by atoms with Crippen molar-refractivity contribution in [2.45, 2.75) is 31.3 Å². The summed E-state index contributed by atoms with van der Waals surface area (Å²) in [5, 5.41) is 9.55. The van der Waals surface area contributed by atoms with Crippen molar-refractivity contribution in [3.05, 3.63) is 0 Å². The van der Waals surface area contributed by atoms with Crippen molar-refractivity contribution in [3.63, 3.8) is 0 Å². The van der Waals surface area contributed by atoms with E-state index < -0.39 is 6.10 Å². The predicted molar refractivity (Wildman–Crippen MR) is 43.0 cm³/mol. The van der Waals surface area contributed by atoms with Gasteiger partial charge in [-0.1, -0.05) is 0 Å². The molecular weight excluding hydrogens is 160 g/mol. The summed E-state index contributed by atoms with van der Waals surface area (Å²) >= 11 is 0. The first-order valence-electron chi connectivity index (χ1n) is 4.06. The maximum Gasteiger partial charge on any atom is 0.114 e. The van der Waals surface area contributed by atoms with Crippen LogP contribution < -0.4 is 0 Å². The first-order valence-corrected chi connectivity index (χ1v) is 4.06. The second kappa shape index (κ2) is 4.18. The minimum atomic E-state index is -0.546. The zero-order valence-electron chi connectivity index (χ0n) is 7.69. The first kappa shape index (κ1) is 9.92. The molecule has 4 atom stereocenters. The second-order valence-corrected chi connectivity index (χ2v) is 3.03. The topological polar surface area (TPSA) is 47.9 Å². The van der Waals surface area contributed by atoms with Crippen LogP contribution in [0.2, 0.25) is 0 Å². The van der Waals surface area contributed by atoms with Gasteiger partial charge in [-0.15, -0.1) is 0 Å². The molecule has 0 spiro atoms. The molecule has 72 valence electrons. The Labute approximate surface area is 72.4 Å². The fourth-order valence-corrected chi connectivity index (χ4v) is 1.51. The van der Waals surface area contributed by atoms with Gasteiger partial charge in [0.15, 0.2) is 0 Å². The summed E-state index contributed by atoms with van der Waals surface area (Å²) in [5.41, 5.74) is 0. The molecule has 0 bridgehead atoms. The van der Waals surface area contributed by atoms with E-state index in [1.807, 2.05) is 6.92 Å². The Morgan fingerprint density at radius 3 is 2.58 bits per heavy atom. The highest BCUT2D eigenvalue weighted by Gasteiger charge is 2.41. The zero-order chi connectivity index (χ0) is 9.14.